The van der Waals surface area contributed by atoms with Crippen LogP contribution in [0.1, 0.15) is 20.8 Å². The minimum absolute atomic E-state index is 0.0212. The molecule has 0 aromatic heterocycles. The number of carbonyl (C=O) groups excluding carboxylic acids is 1. The zero-order valence-corrected chi connectivity index (χ0v) is 19.1. The number of rotatable bonds is 4. The van der Waals surface area contributed by atoms with Crippen LogP contribution in [-0.4, -0.2) is 99.2 Å². The molecule has 3 aliphatic heterocycles. The van der Waals surface area contributed by atoms with E-state index in [-0.39, 0.29) is 29.1 Å². The largest absolute Gasteiger partial charge is 0.486 e. The van der Waals surface area contributed by atoms with Crippen LogP contribution in [0.5, 0.6) is 11.5 Å². The van der Waals surface area contributed by atoms with Crippen LogP contribution in [0.3, 0.4) is 0 Å². The quantitative estimate of drug-likeness (QED) is 0.666. The molecule has 3 heterocycles. The van der Waals surface area contributed by atoms with Crippen LogP contribution in [0.4, 0.5) is 0 Å². The van der Waals surface area contributed by atoms with Gasteiger partial charge in [0.15, 0.2) is 11.5 Å². The van der Waals surface area contributed by atoms with Crippen molar-refractivity contribution in [2.45, 2.75) is 43.9 Å². The van der Waals surface area contributed by atoms with E-state index in [2.05, 4.69) is 4.90 Å². The molecule has 1 aromatic carbocycles. The van der Waals surface area contributed by atoms with E-state index >= 15 is 0 Å². The first-order valence-electron chi connectivity index (χ1n) is 10.8. The summed E-state index contributed by atoms with van der Waals surface area (Å²) in [4.78, 5) is 17.1. The molecule has 172 valence electrons. The average molecular weight is 454 g/mol. The average Bonchev–Trinajstić information content (AvgIpc) is 2.77. The molecule has 9 nitrogen and oxygen atoms in total. The van der Waals surface area contributed by atoms with E-state index in [1.807, 2.05) is 25.7 Å². The van der Waals surface area contributed by atoms with Gasteiger partial charge in [0.25, 0.3) is 0 Å². The van der Waals surface area contributed by atoms with Gasteiger partial charge >= 0.3 is 0 Å². The first kappa shape index (κ1) is 22.3. The van der Waals surface area contributed by atoms with Gasteiger partial charge in [0.2, 0.25) is 15.9 Å². The molecule has 31 heavy (non-hydrogen) atoms. The molecule has 1 amide bonds. The Kier molecular flexibility index (Phi) is 6.43. The summed E-state index contributed by atoms with van der Waals surface area (Å²) < 4.78 is 44.5. The van der Waals surface area contributed by atoms with Crippen molar-refractivity contribution < 1.29 is 27.4 Å². The Morgan fingerprint density at radius 2 is 1.61 bits per heavy atom. The second-order valence-corrected chi connectivity index (χ2v) is 10.4. The maximum absolute atomic E-state index is 13.1. The van der Waals surface area contributed by atoms with Crippen molar-refractivity contribution in [2.75, 3.05) is 52.5 Å². The Morgan fingerprint density at radius 3 is 2.26 bits per heavy atom. The zero-order chi connectivity index (χ0) is 22.2. The molecule has 0 saturated carbocycles. The Morgan fingerprint density at radius 1 is 1.00 bits per heavy atom. The third kappa shape index (κ3) is 4.67. The molecule has 2 saturated heterocycles. The third-order valence-corrected chi connectivity index (χ3v) is 7.96. The lowest BCUT2D eigenvalue weighted by Crippen LogP contribution is -2.58. The minimum atomic E-state index is -3.64. The second-order valence-electron chi connectivity index (χ2n) is 8.42. The summed E-state index contributed by atoms with van der Waals surface area (Å²) in [5.74, 6) is 1.10. The summed E-state index contributed by atoms with van der Waals surface area (Å²) in [5.41, 5.74) is 0. The van der Waals surface area contributed by atoms with Gasteiger partial charge in [0, 0.05) is 45.3 Å². The number of carbonyl (C=O) groups is 1. The molecule has 0 N–H and O–H groups in total. The maximum atomic E-state index is 13.1. The Balaban J connectivity index is 1.38. The number of sulfonamides is 1. The van der Waals surface area contributed by atoms with Crippen molar-refractivity contribution >= 4 is 15.9 Å². The summed E-state index contributed by atoms with van der Waals surface area (Å²) in [6.45, 7) is 9.58. The lowest BCUT2D eigenvalue weighted by atomic mass is 10.1. The Labute approximate surface area is 183 Å². The van der Waals surface area contributed by atoms with Crippen LogP contribution in [-0.2, 0) is 19.6 Å². The highest BCUT2D eigenvalue weighted by atomic mass is 32.2. The number of morpholine rings is 1. The van der Waals surface area contributed by atoms with Gasteiger partial charge in [-0.25, -0.2) is 8.42 Å². The number of hydrogen-bond donors (Lipinski definition) is 0. The molecule has 3 atom stereocenters. The highest BCUT2D eigenvalue weighted by molar-refractivity contribution is 7.89. The Hall–Kier alpha value is -1.88. The van der Waals surface area contributed by atoms with E-state index in [9.17, 15) is 13.2 Å². The minimum Gasteiger partial charge on any atom is -0.486 e. The normalized spacial score (nSPS) is 26.5. The van der Waals surface area contributed by atoms with E-state index in [1.165, 1.54) is 10.4 Å². The third-order valence-electron chi connectivity index (χ3n) is 6.06. The van der Waals surface area contributed by atoms with Gasteiger partial charge in [-0.3, -0.25) is 9.69 Å². The van der Waals surface area contributed by atoms with E-state index in [4.69, 9.17) is 14.2 Å². The lowest BCUT2D eigenvalue weighted by molar-refractivity contribution is -0.148. The van der Waals surface area contributed by atoms with Crippen molar-refractivity contribution in [3.63, 3.8) is 0 Å². The van der Waals surface area contributed by atoms with E-state index < -0.39 is 10.0 Å². The fraction of sp³-hybridized carbons (Fsp3) is 0.667. The second kappa shape index (κ2) is 8.93. The van der Waals surface area contributed by atoms with Gasteiger partial charge in [0.05, 0.1) is 23.1 Å². The number of fused-ring (bicyclic) bond motifs is 1. The first-order valence-corrected chi connectivity index (χ1v) is 12.3. The molecule has 0 unspecified atom stereocenters. The predicted molar refractivity (Wildman–Crippen MR) is 114 cm³/mol. The summed E-state index contributed by atoms with van der Waals surface area (Å²) >= 11 is 0. The summed E-state index contributed by atoms with van der Waals surface area (Å²) in [5, 5.41) is 0. The fourth-order valence-corrected chi connectivity index (χ4v) is 5.88. The van der Waals surface area contributed by atoms with Crippen LogP contribution in [0.15, 0.2) is 23.1 Å². The zero-order valence-electron chi connectivity index (χ0n) is 18.3. The van der Waals surface area contributed by atoms with Crippen LogP contribution in [0.2, 0.25) is 0 Å². The highest BCUT2D eigenvalue weighted by Gasteiger charge is 2.35. The summed E-state index contributed by atoms with van der Waals surface area (Å²) in [6, 6.07) is 4.44. The van der Waals surface area contributed by atoms with E-state index in [0.717, 1.165) is 0 Å². The SMILES string of the molecule is C[C@@H]1CN(C(=O)[C@H](C)N2CCN(S(=O)(=O)c3ccc4c(c3)OCCO4)CC2)C[C@H](C)O1. The molecule has 0 spiro atoms. The molecule has 10 heteroatoms. The highest BCUT2D eigenvalue weighted by Crippen LogP contribution is 2.33. The molecule has 3 aliphatic rings. The van der Waals surface area contributed by atoms with Gasteiger partial charge in [-0.05, 0) is 32.9 Å². The molecule has 2 fully saturated rings. The van der Waals surface area contributed by atoms with Crippen molar-refractivity contribution in [2.24, 2.45) is 0 Å². The number of piperazine rings is 1. The van der Waals surface area contributed by atoms with Crippen molar-refractivity contribution in [3.05, 3.63) is 18.2 Å². The van der Waals surface area contributed by atoms with E-state index in [0.29, 0.717) is 64.0 Å². The summed E-state index contributed by atoms with van der Waals surface area (Å²) in [7, 11) is -3.64. The smallest absolute Gasteiger partial charge is 0.243 e. The summed E-state index contributed by atoms with van der Waals surface area (Å²) in [6.07, 6.45) is 0.0424. The predicted octanol–water partition coefficient (Wildman–Crippen LogP) is 0.788. The lowest BCUT2D eigenvalue weighted by Gasteiger charge is -2.41. The van der Waals surface area contributed by atoms with Gasteiger partial charge in [-0.1, -0.05) is 0 Å². The van der Waals surface area contributed by atoms with Crippen molar-refractivity contribution in [1.29, 1.82) is 0 Å². The van der Waals surface area contributed by atoms with Crippen molar-refractivity contribution in [3.8, 4) is 11.5 Å². The van der Waals surface area contributed by atoms with Crippen LogP contribution in [0, 0.1) is 0 Å². The van der Waals surface area contributed by atoms with Gasteiger partial charge < -0.3 is 19.1 Å². The van der Waals surface area contributed by atoms with E-state index in [1.54, 1.807) is 12.1 Å². The molecular formula is C21H31N3O6S. The fourth-order valence-electron chi connectivity index (χ4n) is 4.44. The monoisotopic (exact) mass is 453 g/mol. The standard InChI is InChI=1S/C21H31N3O6S/c1-15-13-23(14-16(2)30-15)21(25)17(3)22-6-8-24(9-7-22)31(26,27)18-4-5-19-20(12-18)29-11-10-28-19/h4-5,12,15-17H,6-11,13-14H2,1-3H3/t15-,16+,17-/m0/s1. The van der Waals surface area contributed by atoms with Gasteiger partial charge in [-0.2, -0.15) is 4.31 Å². The number of amides is 1. The molecular weight excluding hydrogens is 422 g/mol. The molecule has 0 aliphatic carbocycles. The number of nitrogens with zero attached hydrogens (tertiary/aromatic N) is 3. The topological polar surface area (TPSA) is 88.6 Å². The number of ether oxygens (including phenoxy) is 3. The van der Waals surface area contributed by atoms with Gasteiger partial charge in [0.1, 0.15) is 13.2 Å². The van der Waals surface area contributed by atoms with Crippen LogP contribution >= 0.6 is 0 Å². The maximum Gasteiger partial charge on any atom is 0.243 e. The molecule has 4 rings (SSSR count). The molecule has 0 radical (unpaired) electrons. The molecule has 0 bridgehead atoms. The van der Waals surface area contributed by atoms with Crippen LogP contribution < -0.4 is 9.47 Å². The molecule has 1 aromatic rings. The number of benzene rings is 1. The Bertz CT molecular complexity index is 906. The first-order chi connectivity index (χ1) is 14.8. The van der Waals surface area contributed by atoms with Crippen molar-refractivity contribution in [1.82, 2.24) is 14.1 Å². The number of hydrogen-bond acceptors (Lipinski definition) is 7. The van der Waals surface area contributed by atoms with Gasteiger partial charge in [-0.15, -0.1) is 0 Å². The van der Waals surface area contributed by atoms with Crippen LogP contribution in [0.25, 0.3) is 0 Å².